The average molecular weight is 533 g/mol. The number of aromatic nitrogens is 2. The Hall–Kier alpha value is -3.39. The minimum atomic E-state index is -0.377. The fourth-order valence-electron chi connectivity index (χ4n) is 5.48. The van der Waals surface area contributed by atoms with Crippen LogP contribution in [0.15, 0.2) is 47.0 Å². The van der Waals surface area contributed by atoms with Gasteiger partial charge >= 0.3 is 0 Å². The van der Waals surface area contributed by atoms with E-state index in [-0.39, 0.29) is 28.9 Å². The molecular weight excluding hydrogens is 492 g/mol. The first-order valence-electron chi connectivity index (χ1n) is 13.8. The summed E-state index contributed by atoms with van der Waals surface area (Å²) in [6.07, 6.45) is 2.31. The lowest BCUT2D eigenvalue weighted by Crippen LogP contribution is -2.45. The van der Waals surface area contributed by atoms with E-state index in [0.717, 1.165) is 55.0 Å². The van der Waals surface area contributed by atoms with Crippen molar-refractivity contribution >= 4 is 5.91 Å². The molecular formula is C31H40N4O4. The third-order valence-corrected chi connectivity index (χ3v) is 7.79. The summed E-state index contributed by atoms with van der Waals surface area (Å²) in [7, 11) is 1.64. The number of amides is 1. The molecule has 2 aliphatic heterocycles. The molecule has 8 heteroatoms. The lowest BCUT2D eigenvalue weighted by Gasteiger charge is -2.39. The Morgan fingerprint density at radius 2 is 1.85 bits per heavy atom. The molecule has 1 unspecified atom stereocenters. The number of carbonyl (C=O) groups excluding carboxylic acids is 1. The second-order valence-corrected chi connectivity index (χ2v) is 12.4. The predicted octanol–water partition coefficient (Wildman–Crippen LogP) is 5.67. The summed E-state index contributed by atoms with van der Waals surface area (Å²) in [6.45, 7) is 12.9. The largest absolute Gasteiger partial charge is 0.497 e. The first-order chi connectivity index (χ1) is 18.5. The quantitative estimate of drug-likeness (QED) is 0.437. The molecule has 1 aromatic heterocycles. The van der Waals surface area contributed by atoms with Crippen LogP contribution in [-0.4, -0.2) is 46.7 Å². The minimum absolute atomic E-state index is 0.0199. The Bertz CT molecular complexity index is 1300. The summed E-state index contributed by atoms with van der Waals surface area (Å²) in [5.41, 5.74) is 2.94. The van der Waals surface area contributed by atoms with Gasteiger partial charge < -0.3 is 19.3 Å². The monoisotopic (exact) mass is 532 g/mol. The summed E-state index contributed by atoms with van der Waals surface area (Å²) in [6, 6.07) is 14.1. The van der Waals surface area contributed by atoms with E-state index in [1.54, 1.807) is 7.11 Å². The summed E-state index contributed by atoms with van der Waals surface area (Å²) < 4.78 is 17.1. The van der Waals surface area contributed by atoms with Gasteiger partial charge in [0.1, 0.15) is 17.1 Å². The third-order valence-electron chi connectivity index (χ3n) is 7.79. The van der Waals surface area contributed by atoms with Crippen molar-refractivity contribution in [1.29, 1.82) is 0 Å². The fraction of sp³-hybridized carbons (Fsp3) is 0.516. The van der Waals surface area contributed by atoms with Crippen molar-refractivity contribution in [1.82, 2.24) is 20.4 Å². The van der Waals surface area contributed by atoms with Gasteiger partial charge in [0.15, 0.2) is 0 Å². The van der Waals surface area contributed by atoms with Crippen LogP contribution in [0.25, 0.3) is 11.4 Å². The normalized spacial score (nSPS) is 19.7. The van der Waals surface area contributed by atoms with E-state index in [1.165, 1.54) is 5.56 Å². The van der Waals surface area contributed by atoms with E-state index in [1.807, 2.05) is 30.3 Å². The Morgan fingerprint density at radius 3 is 2.51 bits per heavy atom. The van der Waals surface area contributed by atoms with Gasteiger partial charge in [0.05, 0.1) is 19.7 Å². The van der Waals surface area contributed by atoms with Crippen molar-refractivity contribution in [2.75, 3.05) is 20.2 Å². The molecule has 2 aliphatic rings. The molecule has 8 nitrogen and oxygen atoms in total. The Kier molecular flexibility index (Phi) is 7.42. The number of ether oxygens (including phenoxy) is 2. The molecule has 3 heterocycles. The number of nitrogens with zero attached hydrogens (tertiary/aromatic N) is 3. The number of fused-ring (bicyclic) bond motifs is 1. The smallest absolute Gasteiger partial charge is 0.241 e. The van der Waals surface area contributed by atoms with Crippen LogP contribution in [0, 0.1) is 5.92 Å². The average Bonchev–Trinajstić information content (AvgIpc) is 3.36. The molecule has 1 fully saturated rings. The number of hydrogen-bond acceptors (Lipinski definition) is 7. The van der Waals surface area contributed by atoms with Crippen LogP contribution in [0.4, 0.5) is 0 Å². The first-order valence-corrected chi connectivity index (χ1v) is 13.8. The standard InChI is InChI=1S/C31H40N4O4/c1-30(2,3)22-9-7-20(8-10-22)28-33-27(39-34-28)19-35-15-13-21(14-16-35)29(36)32-25-18-31(4,5)38-26-17-23(37-6)11-12-24(25)26/h7-12,17,21,25H,13-16,18-19H2,1-6H3,(H,32,36). The summed E-state index contributed by atoms with van der Waals surface area (Å²) in [5.74, 6) is 2.82. The van der Waals surface area contributed by atoms with Crippen LogP contribution in [0.1, 0.15) is 76.9 Å². The van der Waals surface area contributed by atoms with Crippen molar-refractivity contribution < 1.29 is 18.8 Å². The zero-order valence-corrected chi connectivity index (χ0v) is 23.9. The van der Waals surface area contributed by atoms with Crippen LogP contribution >= 0.6 is 0 Å². The van der Waals surface area contributed by atoms with E-state index in [2.05, 4.69) is 67.1 Å². The molecule has 208 valence electrons. The van der Waals surface area contributed by atoms with E-state index in [0.29, 0.717) is 18.3 Å². The van der Waals surface area contributed by atoms with Crippen LogP contribution in [0.2, 0.25) is 0 Å². The summed E-state index contributed by atoms with van der Waals surface area (Å²) in [5, 5.41) is 7.52. The van der Waals surface area contributed by atoms with E-state index in [9.17, 15) is 4.79 Å². The highest BCUT2D eigenvalue weighted by molar-refractivity contribution is 5.79. The number of rotatable bonds is 6. The van der Waals surface area contributed by atoms with Crippen LogP contribution in [0.3, 0.4) is 0 Å². The van der Waals surface area contributed by atoms with Gasteiger partial charge in [-0.15, -0.1) is 0 Å². The van der Waals surface area contributed by atoms with Crippen LogP contribution < -0.4 is 14.8 Å². The lowest BCUT2D eigenvalue weighted by atomic mass is 9.87. The molecule has 0 saturated carbocycles. The van der Waals surface area contributed by atoms with Crippen molar-refractivity contribution in [3.63, 3.8) is 0 Å². The Morgan fingerprint density at radius 1 is 1.13 bits per heavy atom. The highest BCUT2D eigenvalue weighted by Gasteiger charge is 2.36. The van der Waals surface area contributed by atoms with Crippen molar-refractivity contribution in [2.45, 2.75) is 77.5 Å². The molecule has 2 aromatic carbocycles. The molecule has 39 heavy (non-hydrogen) atoms. The number of piperidine rings is 1. The SMILES string of the molecule is COc1ccc2c(c1)OC(C)(C)CC2NC(=O)C1CCN(Cc2nc(-c3ccc(C(C)(C)C)cc3)no2)CC1. The van der Waals surface area contributed by atoms with Gasteiger partial charge in [-0.05, 0) is 62.9 Å². The lowest BCUT2D eigenvalue weighted by molar-refractivity contribution is -0.127. The van der Waals surface area contributed by atoms with Crippen LogP contribution in [-0.2, 0) is 16.8 Å². The number of hydrogen-bond donors (Lipinski definition) is 1. The van der Waals surface area contributed by atoms with Gasteiger partial charge in [-0.1, -0.05) is 50.2 Å². The number of carbonyl (C=O) groups is 1. The molecule has 1 N–H and O–H groups in total. The van der Waals surface area contributed by atoms with Gasteiger partial charge in [0.2, 0.25) is 17.6 Å². The molecule has 0 aliphatic carbocycles. The maximum absolute atomic E-state index is 13.3. The summed E-state index contributed by atoms with van der Waals surface area (Å²) >= 11 is 0. The second kappa shape index (κ2) is 10.6. The van der Waals surface area contributed by atoms with E-state index < -0.39 is 0 Å². The van der Waals surface area contributed by atoms with Crippen molar-refractivity contribution in [3.8, 4) is 22.9 Å². The van der Waals surface area contributed by atoms with Gasteiger partial charge in [0.25, 0.3) is 0 Å². The number of nitrogens with one attached hydrogen (secondary N) is 1. The molecule has 1 atom stereocenters. The van der Waals surface area contributed by atoms with E-state index >= 15 is 0 Å². The number of methoxy groups -OCH3 is 1. The highest BCUT2D eigenvalue weighted by atomic mass is 16.5. The number of benzene rings is 2. The summed E-state index contributed by atoms with van der Waals surface area (Å²) in [4.78, 5) is 20.2. The van der Waals surface area contributed by atoms with Gasteiger partial charge in [-0.25, -0.2) is 0 Å². The molecule has 0 bridgehead atoms. The minimum Gasteiger partial charge on any atom is -0.497 e. The van der Waals surface area contributed by atoms with E-state index in [4.69, 9.17) is 14.0 Å². The molecule has 3 aromatic rings. The van der Waals surface area contributed by atoms with Crippen LogP contribution in [0.5, 0.6) is 11.5 Å². The predicted molar refractivity (Wildman–Crippen MR) is 150 cm³/mol. The molecule has 5 rings (SSSR count). The van der Waals surface area contributed by atoms with Crippen molar-refractivity contribution in [2.24, 2.45) is 5.92 Å². The first kappa shape index (κ1) is 27.2. The topological polar surface area (TPSA) is 89.7 Å². The van der Waals surface area contributed by atoms with Crippen molar-refractivity contribution in [3.05, 3.63) is 59.5 Å². The highest BCUT2D eigenvalue weighted by Crippen LogP contribution is 2.41. The van der Waals surface area contributed by atoms with Gasteiger partial charge in [0, 0.05) is 29.5 Å². The third kappa shape index (κ3) is 6.27. The second-order valence-electron chi connectivity index (χ2n) is 12.4. The van der Waals surface area contributed by atoms with Gasteiger partial charge in [-0.3, -0.25) is 9.69 Å². The maximum Gasteiger partial charge on any atom is 0.241 e. The molecule has 1 saturated heterocycles. The Balaban J connectivity index is 1.15. The zero-order valence-electron chi connectivity index (χ0n) is 23.9. The molecule has 0 radical (unpaired) electrons. The zero-order chi connectivity index (χ0) is 27.8. The molecule has 1 amide bonds. The molecule has 0 spiro atoms. The van der Waals surface area contributed by atoms with Gasteiger partial charge in [-0.2, -0.15) is 4.98 Å². The maximum atomic E-state index is 13.3. The fourth-order valence-corrected chi connectivity index (χ4v) is 5.48. The number of likely N-dealkylation sites (tertiary alicyclic amines) is 1. The Labute approximate surface area is 231 Å².